The van der Waals surface area contributed by atoms with Crippen LogP contribution in [0.5, 0.6) is 0 Å². The summed E-state index contributed by atoms with van der Waals surface area (Å²) in [6, 6.07) is 12.3. The molecular formula is C16H13BrN2O5S. The summed E-state index contributed by atoms with van der Waals surface area (Å²) in [4.78, 5) is 12.1. The van der Waals surface area contributed by atoms with E-state index in [4.69, 9.17) is 8.83 Å². The third-order valence-electron chi connectivity index (χ3n) is 3.24. The van der Waals surface area contributed by atoms with Crippen LogP contribution in [0.1, 0.15) is 16.3 Å². The molecule has 0 saturated carbocycles. The van der Waals surface area contributed by atoms with E-state index in [0.717, 1.165) is 0 Å². The van der Waals surface area contributed by atoms with Crippen LogP contribution in [0, 0.1) is 0 Å². The zero-order chi connectivity index (χ0) is 17.9. The number of rotatable bonds is 6. The molecule has 3 rings (SSSR count). The number of furan rings is 2. The maximum absolute atomic E-state index is 12.2. The van der Waals surface area contributed by atoms with E-state index in [-0.39, 0.29) is 17.2 Å². The molecule has 0 unspecified atom stereocenters. The zero-order valence-electron chi connectivity index (χ0n) is 12.7. The van der Waals surface area contributed by atoms with Crippen LogP contribution in [-0.2, 0) is 16.6 Å². The van der Waals surface area contributed by atoms with Crippen LogP contribution < -0.4 is 10.0 Å². The Bertz CT molecular complexity index is 962. The fourth-order valence-electron chi connectivity index (χ4n) is 2.01. The highest BCUT2D eigenvalue weighted by Crippen LogP contribution is 2.18. The van der Waals surface area contributed by atoms with Crippen LogP contribution in [0.2, 0.25) is 0 Å². The molecule has 2 aromatic heterocycles. The smallest absolute Gasteiger partial charge is 0.291 e. The molecule has 9 heteroatoms. The second-order valence-electron chi connectivity index (χ2n) is 4.99. The Kier molecular flexibility index (Phi) is 5.07. The van der Waals surface area contributed by atoms with Gasteiger partial charge in [-0.3, -0.25) is 4.79 Å². The molecule has 0 aliphatic heterocycles. The number of sulfonamides is 1. The molecule has 0 spiro atoms. The van der Waals surface area contributed by atoms with Crippen molar-refractivity contribution >= 4 is 37.5 Å². The van der Waals surface area contributed by atoms with Crippen LogP contribution in [0.25, 0.3) is 0 Å². The van der Waals surface area contributed by atoms with E-state index in [1.807, 2.05) is 0 Å². The van der Waals surface area contributed by atoms with Gasteiger partial charge in [0.25, 0.3) is 5.91 Å². The fourth-order valence-corrected chi connectivity index (χ4v) is 3.31. The van der Waals surface area contributed by atoms with Gasteiger partial charge >= 0.3 is 0 Å². The van der Waals surface area contributed by atoms with E-state index >= 15 is 0 Å². The van der Waals surface area contributed by atoms with Crippen molar-refractivity contribution in [3.05, 3.63) is 71.0 Å². The first-order valence-corrected chi connectivity index (χ1v) is 9.40. The molecule has 25 heavy (non-hydrogen) atoms. The molecule has 2 heterocycles. The Morgan fingerprint density at radius 3 is 2.44 bits per heavy atom. The van der Waals surface area contributed by atoms with Crippen molar-refractivity contribution in [2.24, 2.45) is 0 Å². The van der Waals surface area contributed by atoms with Gasteiger partial charge in [0.05, 0.1) is 17.7 Å². The molecular weight excluding hydrogens is 412 g/mol. The molecule has 0 atom stereocenters. The number of anilines is 1. The lowest BCUT2D eigenvalue weighted by molar-refractivity contribution is 0.0995. The number of nitrogens with one attached hydrogen (secondary N) is 2. The molecule has 0 aliphatic rings. The minimum Gasteiger partial charge on any atom is -0.468 e. The van der Waals surface area contributed by atoms with Gasteiger partial charge in [0.1, 0.15) is 5.76 Å². The molecule has 7 nitrogen and oxygen atoms in total. The maximum Gasteiger partial charge on any atom is 0.291 e. The average molecular weight is 425 g/mol. The Hall–Kier alpha value is -2.36. The number of hydrogen-bond acceptors (Lipinski definition) is 5. The third kappa shape index (κ3) is 4.38. The average Bonchev–Trinajstić information content (AvgIpc) is 3.25. The van der Waals surface area contributed by atoms with Crippen molar-refractivity contribution in [2.75, 3.05) is 5.32 Å². The van der Waals surface area contributed by atoms with Crippen LogP contribution in [0.3, 0.4) is 0 Å². The summed E-state index contributed by atoms with van der Waals surface area (Å²) in [6.45, 7) is 0.0567. The van der Waals surface area contributed by atoms with Gasteiger partial charge in [-0.15, -0.1) is 0 Å². The van der Waals surface area contributed by atoms with Crippen molar-refractivity contribution in [1.29, 1.82) is 0 Å². The molecule has 0 bridgehead atoms. The lowest BCUT2D eigenvalue weighted by atomic mass is 10.3. The van der Waals surface area contributed by atoms with E-state index in [1.165, 1.54) is 36.6 Å². The second kappa shape index (κ2) is 7.26. The SMILES string of the molecule is O=C(Nc1ccc(S(=O)(=O)NCc2ccco2)cc1)c1ccc(Br)o1. The molecule has 130 valence electrons. The molecule has 2 N–H and O–H groups in total. The fraction of sp³-hybridized carbons (Fsp3) is 0.0625. The lowest BCUT2D eigenvalue weighted by Gasteiger charge is -2.07. The van der Waals surface area contributed by atoms with Crippen LogP contribution in [0.4, 0.5) is 5.69 Å². The van der Waals surface area contributed by atoms with Crippen molar-refractivity contribution in [3.8, 4) is 0 Å². The van der Waals surface area contributed by atoms with E-state index in [1.54, 1.807) is 18.2 Å². The lowest BCUT2D eigenvalue weighted by Crippen LogP contribution is -2.23. The molecule has 0 fully saturated rings. The van der Waals surface area contributed by atoms with E-state index in [2.05, 4.69) is 26.0 Å². The number of amides is 1. The van der Waals surface area contributed by atoms with E-state index in [0.29, 0.717) is 16.1 Å². The molecule has 3 aromatic rings. The predicted molar refractivity (Wildman–Crippen MR) is 93.5 cm³/mol. The summed E-state index contributed by atoms with van der Waals surface area (Å²) < 4.78 is 37.6. The molecule has 1 aromatic carbocycles. The predicted octanol–water partition coefficient (Wildman–Crippen LogP) is 3.37. The Morgan fingerprint density at radius 2 is 1.84 bits per heavy atom. The van der Waals surface area contributed by atoms with Gasteiger partial charge in [-0.2, -0.15) is 0 Å². The quantitative estimate of drug-likeness (QED) is 0.631. The minimum absolute atomic E-state index is 0.0567. The molecule has 1 amide bonds. The number of benzene rings is 1. The topological polar surface area (TPSA) is 102 Å². The summed E-state index contributed by atoms with van der Waals surface area (Å²) in [5, 5.41) is 2.62. The van der Waals surface area contributed by atoms with Gasteiger partial charge in [0.15, 0.2) is 10.4 Å². The van der Waals surface area contributed by atoms with Crippen LogP contribution >= 0.6 is 15.9 Å². The molecule has 0 aliphatic carbocycles. The zero-order valence-corrected chi connectivity index (χ0v) is 15.1. The summed E-state index contributed by atoms with van der Waals surface area (Å²) >= 11 is 3.12. The summed E-state index contributed by atoms with van der Waals surface area (Å²) in [7, 11) is -3.68. The number of hydrogen-bond donors (Lipinski definition) is 2. The van der Waals surface area contributed by atoms with Gasteiger partial charge in [0, 0.05) is 5.69 Å². The highest BCUT2D eigenvalue weighted by atomic mass is 79.9. The van der Waals surface area contributed by atoms with Crippen molar-refractivity contribution in [2.45, 2.75) is 11.4 Å². The maximum atomic E-state index is 12.2. The van der Waals surface area contributed by atoms with Crippen molar-refractivity contribution in [1.82, 2.24) is 4.72 Å². The normalized spacial score (nSPS) is 11.4. The van der Waals surface area contributed by atoms with Gasteiger partial charge in [-0.25, -0.2) is 13.1 Å². The third-order valence-corrected chi connectivity index (χ3v) is 5.08. The van der Waals surface area contributed by atoms with E-state index in [9.17, 15) is 13.2 Å². The van der Waals surface area contributed by atoms with Gasteiger partial charge in [-0.1, -0.05) is 0 Å². The summed E-state index contributed by atoms with van der Waals surface area (Å²) in [5.74, 6) is 0.220. The van der Waals surface area contributed by atoms with Gasteiger partial charge in [-0.05, 0) is 64.5 Å². The first kappa shape index (κ1) is 17.5. The first-order chi connectivity index (χ1) is 11.9. The van der Waals surface area contributed by atoms with Crippen LogP contribution in [-0.4, -0.2) is 14.3 Å². The molecule has 0 saturated heterocycles. The first-order valence-electron chi connectivity index (χ1n) is 7.13. The second-order valence-corrected chi connectivity index (χ2v) is 7.53. The number of carbonyl (C=O) groups excluding carboxylic acids is 1. The van der Waals surface area contributed by atoms with E-state index < -0.39 is 15.9 Å². The van der Waals surface area contributed by atoms with Crippen LogP contribution in [0.15, 0.2) is 73.2 Å². The number of halogens is 1. The van der Waals surface area contributed by atoms with Gasteiger partial charge < -0.3 is 14.2 Å². The summed E-state index contributed by atoms with van der Waals surface area (Å²) in [5.41, 5.74) is 0.447. The summed E-state index contributed by atoms with van der Waals surface area (Å²) in [6.07, 6.45) is 1.47. The largest absolute Gasteiger partial charge is 0.468 e. The molecule has 0 radical (unpaired) electrons. The highest BCUT2D eigenvalue weighted by Gasteiger charge is 2.15. The number of carbonyl (C=O) groups is 1. The minimum atomic E-state index is -3.68. The Balaban J connectivity index is 1.65. The Morgan fingerprint density at radius 1 is 1.08 bits per heavy atom. The highest BCUT2D eigenvalue weighted by molar-refractivity contribution is 9.10. The Labute approximate surface area is 152 Å². The standard InChI is InChI=1S/C16H13BrN2O5S/c17-15-8-7-14(24-15)16(20)19-11-3-5-13(6-4-11)25(21,22)18-10-12-2-1-9-23-12/h1-9,18H,10H2,(H,19,20). The van der Waals surface area contributed by atoms with Crippen molar-refractivity contribution < 1.29 is 22.0 Å². The van der Waals surface area contributed by atoms with Crippen molar-refractivity contribution in [3.63, 3.8) is 0 Å². The van der Waals surface area contributed by atoms with Gasteiger partial charge in [0.2, 0.25) is 10.0 Å². The monoisotopic (exact) mass is 424 g/mol.